The molecule has 0 bridgehead atoms. The predicted octanol–water partition coefficient (Wildman–Crippen LogP) is 27.2. The van der Waals surface area contributed by atoms with E-state index in [1.807, 2.05) is 127 Å². The van der Waals surface area contributed by atoms with Crippen LogP contribution in [0.3, 0.4) is 0 Å². The predicted molar refractivity (Wildman–Crippen MR) is 500 cm³/mol. The summed E-state index contributed by atoms with van der Waals surface area (Å²) in [5, 5.41) is 9.90. The van der Waals surface area contributed by atoms with Gasteiger partial charge in [0, 0.05) is 113 Å². The number of ketones is 9. The van der Waals surface area contributed by atoms with Crippen LogP contribution in [0.25, 0.3) is 32.3 Å². The molecule has 17 heteroatoms. The fourth-order valence-electron chi connectivity index (χ4n) is 12.6. The highest BCUT2D eigenvalue weighted by molar-refractivity contribution is 14.1. The van der Waals surface area contributed by atoms with E-state index in [2.05, 4.69) is 89.3 Å². The zero-order valence-electron chi connectivity index (χ0n) is 65.6. The molecule has 0 aromatic heterocycles. The fourth-order valence-corrected chi connectivity index (χ4v) is 14.5. The van der Waals surface area contributed by atoms with Crippen molar-refractivity contribution in [2.75, 3.05) is 5.73 Å². The van der Waals surface area contributed by atoms with Gasteiger partial charge in [-0.1, -0.05) is 312 Å². The molecular weight excluding hydrogens is 1730 g/mol. The first-order chi connectivity index (χ1) is 57.7. The van der Waals surface area contributed by atoms with Gasteiger partial charge < -0.3 is 5.73 Å². The molecule has 2 N–H and O–H groups in total. The molecule has 600 valence electrons. The highest BCUT2D eigenvalue weighted by Crippen LogP contribution is 2.29. The number of nitrogen functional groups attached to an aromatic ring is 1. The number of halogens is 7. The van der Waals surface area contributed by atoms with Crippen LogP contribution in [0.2, 0.25) is 30.1 Å². The Kier molecular flexibility index (Phi) is 34.0. The summed E-state index contributed by atoms with van der Waals surface area (Å²) < 4.78 is 1.15. The standard InChI is InChI=1S/C24H18O2.C21H18O2.C16H14O2.C14H9Cl2IO.C14H11Cl2NO.C14H10Cl2O/c1-16(25)18-8-10-19(11-9-18)24(26)13-17-6-7-22-14-20-4-2-3-5-21(20)15-23(22)12-17;1-15(22)17-9-11-19(12-10-17)21(23)13-7-16-6-8-18-4-2-3-5-20(18)14-16;1-12(17)14-7-9-15(10-8-14)16(18)11-13-5-3-2-4-6-13;2*15-10-3-6-12(13(16)8-10)14(18)7-9-1-4-11(17)5-2-9;15-11-6-7-12(13(16)9-11)14(17)8-10-4-2-1-3-5-10/h2-12,14-15H,13H2,1H3;2-6,8-12,14H,7,13H2,1H3;2-10H,11H2,1H3;1-6,8H,7H2;1-6,8H,7,17H2;1-7,9H,8H2. The van der Waals surface area contributed by atoms with Gasteiger partial charge in [0.1, 0.15) is 0 Å². The van der Waals surface area contributed by atoms with Crippen molar-refractivity contribution in [3.8, 4) is 0 Å². The van der Waals surface area contributed by atoms with Crippen molar-refractivity contribution in [1.29, 1.82) is 0 Å². The van der Waals surface area contributed by atoms with E-state index >= 15 is 0 Å². The second kappa shape index (κ2) is 45.0. The molecule has 15 rings (SSSR count). The largest absolute Gasteiger partial charge is 0.399 e. The Morgan fingerprint density at radius 3 is 0.925 bits per heavy atom. The van der Waals surface area contributed by atoms with E-state index in [0.29, 0.717) is 124 Å². The normalized spacial score (nSPS) is 10.5. The van der Waals surface area contributed by atoms with E-state index in [1.54, 1.807) is 140 Å². The van der Waals surface area contributed by atoms with Crippen molar-refractivity contribution in [3.05, 3.63) is 451 Å². The number of Topliss-reactive ketones (excluding diaryl/α,β-unsaturated/α-hetero) is 9. The Balaban J connectivity index is 0.000000152. The van der Waals surface area contributed by atoms with Gasteiger partial charge >= 0.3 is 0 Å². The molecule has 0 aliphatic rings. The van der Waals surface area contributed by atoms with Gasteiger partial charge in [-0.25, -0.2) is 0 Å². The number of fused-ring (bicyclic) bond motifs is 3. The monoisotopic (exact) mass is 1810 g/mol. The minimum Gasteiger partial charge on any atom is -0.399 e. The summed E-state index contributed by atoms with van der Waals surface area (Å²) in [6, 6.07) is 103. The van der Waals surface area contributed by atoms with Crippen molar-refractivity contribution >= 4 is 182 Å². The van der Waals surface area contributed by atoms with Crippen molar-refractivity contribution < 1.29 is 43.2 Å². The molecule has 15 aromatic carbocycles. The Morgan fingerprint density at radius 1 is 0.250 bits per heavy atom. The number of carbonyl (C=O) groups is 9. The number of nitrogens with two attached hydrogens (primary N) is 1. The molecule has 0 aliphatic carbocycles. The van der Waals surface area contributed by atoms with E-state index in [9.17, 15) is 43.2 Å². The zero-order chi connectivity index (χ0) is 85.8. The van der Waals surface area contributed by atoms with Gasteiger partial charge in [0.2, 0.25) is 0 Å². The first-order valence-electron chi connectivity index (χ1n) is 38.1. The Bertz CT molecular complexity index is 6080. The van der Waals surface area contributed by atoms with Crippen LogP contribution >= 0.6 is 92.2 Å². The molecular formula is C103H80Cl6INO9. The lowest BCUT2D eigenvalue weighted by molar-refractivity contribution is 0.0975. The van der Waals surface area contributed by atoms with Crippen LogP contribution in [-0.4, -0.2) is 52.0 Å². The van der Waals surface area contributed by atoms with Crippen LogP contribution in [-0.2, 0) is 38.5 Å². The van der Waals surface area contributed by atoms with Gasteiger partial charge in [0.15, 0.2) is 52.0 Å². The molecule has 0 atom stereocenters. The number of carbonyl (C=O) groups excluding carboxylic acids is 9. The van der Waals surface area contributed by atoms with Crippen LogP contribution in [0, 0.1) is 3.57 Å². The lowest BCUT2D eigenvalue weighted by Crippen LogP contribution is -2.04. The Labute approximate surface area is 741 Å². The summed E-state index contributed by atoms with van der Waals surface area (Å²) in [4.78, 5) is 107. The molecule has 0 heterocycles. The quantitative estimate of drug-likeness (QED) is 0.0297. The lowest BCUT2D eigenvalue weighted by atomic mass is 9.97. The van der Waals surface area contributed by atoms with E-state index < -0.39 is 0 Å². The highest BCUT2D eigenvalue weighted by Gasteiger charge is 2.17. The van der Waals surface area contributed by atoms with E-state index in [1.165, 1.54) is 47.7 Å². The van der Waals surface area contributed by atoms with Crippen LogP contribution < -0.4 is 5.73 Å². The van der Waals surface area contributed by atoms with Crippen LogP contribution in [0.1, 0.15) is 154 Å². The van der Waals surface area contributed by atoms with Gasteiger partial charge in [-0.05, 0) is 206 Å². The topological polar surface area (TPSA) is 180 Å². The number of benzene rings is 15. The summed E-state index contributed by atoms with van der Waals surface area (Å²) in [6.45, 7) is 4.56. The number of aryl methyl sites for hydroxylation is 1. The molecule has 0 fully saturated rings. The number of hydrogen-bond acceptors (Lipinski definition) is 10. The van der Waals surface area contributed by atoms with E-state index in [0.717, 1.165) is 48.8 Å². The Morgan fingerprint density at radius 2 is 0.533 bits per heavy atom. The first kappa shape index (κ1) is 90.7. The summed E-state index contributed by atoms with van der Waals surface area (Å²) in [5.74, 6) is 0.213. The van der Waals surface area contributed by atoms with Gasteiger partial charge in [-0.15, -0.1) is 0 Å². The van der Waals surface area contributed by atoms with Gasteiger partial charge in [-0.2, -0.15) is 0 Å². The third-order valence-electron chi connectivity index (χ3n) is 19.2. The lowest BCUT2D eigenvalue weighted by Gasteiger charge is -2.06. The second-order valence-electron chi connectivity index (χ2n) is 28.1. The van der Waals surface area contributed by atoms with Crippen LogP contribution in [0.4, 0.5) is 5.69 Å². The first-order valence-corrected chi connectivity index (χ1v) is 41.5. The van der Waals surface area contributed by atoms with Crippen molar-refractivity contribution in [1.82, 2.24) is 0 Å². The van der Waals surface area contributed by atoms with Gasteiger partial charge in [0.05, 0.1) is 15.1 Å². The third kappa shape index (κ3) is 27.7. The molecule has 10 nitrogen and oxygen atoms in total. The molecule has 15 aromatic rings. The average Bonchev–Trinajstić information content (AvgIpc) is 0.793. The van der Waals surface area contributed by atoms with Gasteiger partial charge in [0.25, 0.3) is 0 Å². The molecule has 0 amide bonds. The smallest absolute Gasteiger partial charge is 0.168 e. The molecule has 0 saturated carbocycles. The average molecular weight is 1820 g/mol. The highest BCUT2D eigenvalue weighted by atomic mass is 127. The summed E-state index contributed by atoms with van der Waals surface area (Å²) >= 11 is 37.6. The van der Waals surface area contributed by atoms with Crippen molar-refractivity contribution in [2.24, 2.45) is 0 Å². The van der Waals surface area contributed by atoms with Crippen molar-refractivity contribution in [3.63, 3.8) is 0 Å². The van der Waals surface area contributed by atoms with Crippen LogP contribution in [0.15, 0.2) is 334 Å². The van der Waals surface area contributed by atoms with Crippen molar-refractivity contribution in [2.45, 2.75) is 65.7 Å². The maximum Gasteiger partial charge on any atom is 0.168 e. The maximum absolute atomic E-state index is 12.6. The Hall–Kier alpha value is -11.6. The minimum atomic E-state index is -0.0403. The maximum atomic E-state index is 12.6. The molecule has 0 radical (unpaired) electrons. The molecule has 0 saturated heterocycles. The SMILES string of the molecule is CC(=O)c1ccc(C(=O)CCc2ccc3ccccc3c2)cc1.CC(=O)c1ccc(C(=O)Cc2ccc3cc4ccccc4cc3c2)cc1.CC(=O)c1ccc(C(=O)Cc2ccccc2)cc1.Nc1ccc(CC(=O)c2ccc(Cl)cc2Cl)cc1.O=C(Cc1ccc(I)cc1)c1ccc(Cl)cc1Cl.O=C(Cc1ccccc1)c1ccc(Cl)cc1Cl. The molecule has 0 unspecified atom stereocenters. The second-order valence-corrected chi connectivity index (χ2v) is 31.9. The molecule has 120 heavy (non-hydrogen) atoms. The number of rotatable bonds is 22. The summed E-state index contributed by atoms with van der Waals surface area (Å²) in [7, 11) is 0. The van der Waals surface area contributed by atoms with Crippen LogP contribution in [0.5, 0.6) is 0 Å². The fraction of sp³-hybridized carbons (Fsp3) is 0.0971. The summed E-state index contributed by atoms with van der Waals surface area (Å²) in [6.07, 6.45) is 2.92. The number of anilines is 1. The van der Waals surface area contributed by atoms with E-state index in [-0.39, 0.29) is 52.0 Å². The molecule has 0 spiro atoms. The minimum absolute atomic E-state index is 0.00197. The van der Waals surface area contributed by atoms with E-state index in [4.69, 9.17) is 75.3 Å². The molecule has 0 aliphatic heterocycles. The van der Waals surface area contributed by atoms with Gasteiger partial charge in [-0.3, -0.25) is 43.2 Å². The zero-order valence-corrected chi connectivity index (χ0v) is 72.3. The number of hydrogen-bond donors (Lipinski definition) is 1. The summed E-state index contributed by atoms with van der Waals surface area (Å²) in [5.41, 5.74) is 17.6. The third-order valence-corrected chi connectivity index (χ3v) is 21.5.